The summed E-state index contributed by atoms with van der Waals surface area (Å²) >= 11 is 0. The first-order valence-electron chi connectivity index (χ1n) is 8.21. The molecule has 0 saturated heterocycles. The Hall–Kier alpha value is -3.09. The van der Waals surface area contributed by atoms with Crippen LogP contribution in [0.1, 0.15) is 32.9 Å². The van der Waals surface area contributed by atoms with E-state index in [1.807, 2.05) is 36.9 Å². The summed E-state index contributed by atoms with van der Waals surface area (Å²) in [6.07, 6.45) is 4.03. The molecule has 0 saturated carbocycles. The van der Waals surface area contributed by atoms with Crippen LogP contribution in [0.15, 0.2) is 36.7 Å². The first-order chi connectivity index (χ1) is 12.1. The van der Waals surface area contributed by atoms with E-state index in [0.29, 0.717) is 25.5 Å². The second-order valence-electron chi connectivity index (χ2n) is 6.17. The summed E-state index contributed by atoms with van der Waals surface area (Å²) in [6.45, 7) is 5.08. The lowest BCUT2D eigenvalue weighted by Crippen LogP contribution is -2.37. The maximum absolute atomic E-state index is 12.9. The second-order valence-corrected chi connectivity index (χ2v) is 6.17. The normalized spacial score (nSPS) is 13.6. The number of hydrogen-bond donors (Lipinski definition) is 0. The number of amides is 1. The predicted octanol–water partition coefficient (Wildman–Crippen LogP) is 1.87. The minimum absolute atomic E-state index is 0.0392. The van der Waals surface area contributed by atoms with Gasteiger partial charge in [0.2, 0.25) is 0 Å². The van der Waals surface area contributed by atoms with E-state index in [9.17, 15) is 4.79 Å². The van der Waals surface area contributed by atoms with Crippen LogP contribution in [0.4, 0.5) is 0 Å². The zero-order valence-electron chi connectivity index (χ0n) is 14.2. The number of nitrogens with zero attached hydrogens (tertiary/aromatic N) is 6. The fourth-order valence-electron chi connectivity index (χ4n) is 3.09. The molecular weight excluding hydrogens is 316 g/mol. The van der Waals surface area contributed by atoms with Gasteiger partial charge in [-0.05, 0) is 37.1 Å². The van der Waals surface area contributed by atoms with Gasteiger partial charge in [0.25, 0.3) is 11.9 Å². The number of benzene rings is 1. The Morgan fingerprint density at radius 3 is 2.72 bits per heavy atom. The molecule has 1 aliphatic heterocycles. The highest BCUT2D eigenvalue weighted by molar-refractivity contribution is 5.96. The van der Waals surface area contributed by atoms with Crippen LogP contribution >= 0.6 is 0 Å². The highest BCUT2D eigenvalue weighted by atomic mass is 16.2. The summed E-state index contributed by atoms with van der Waals surface area (Å²) in [5.41, 5.74) is 4.67. The van der Waals surface area contributed by atoms with Gasteiger partial charge in [0.1, 0.15) is 5.69 Å². The van der Waals surface area contributed by atoms with Crippen LogP contribution in [0.2, 0.25) is 0 Å². The van der Waals surface area contributed by atoms with Crippen molar-refractivity contribution in [3.05, 3.63) is 64.7 Å². The van der Waals surface area contributed by atoms with Crippen molar-refractivity contribution in [2.45, 2.75) is 26.8 Å². The average Bonchev–Trinajstić information content (AvgIpc) is 3.07. The molecule has 1 amide bonds. The van der Waals surface area contributed by atoms with E-state index in [1.54, 1.807) is 23.1 Å². The molecule has 1 aliphatic rings. The topological polar surface area (TPSA) is 76.8 Å². The Morgan fingerprint density at radius 2 is 1.92 bits per heavy atom. The highest BCUT2D eigenvalue weighted by Crippen LogP contribution is 2.22. The van der Waals surface area contributed by atoms with Crippen LogP contribution < -0.4 is 0 Å². The highest BCUT2D eigenvalue weighted by Gasteiger charge is 2.27. The molecule has 3 aromatic rings. The molecule has 0 radical (unpaired) electrons. The van der Waals surface area contributed by atoms with Crippen molar-refractivity contribution in [2.75, 3.05) is 6.54 Å². The van der Waals surface area contributed by atoms with Crippen molar-refractivity contribution in [1.29, 1.82) is 0 Å². The number of aryl methyl sites for hydroxylation is 1. The maximum atomic E-state index is 12.9. The van der Waals surface area contributed by atoms with Gasteiger partial charge in [-0.15, -0.1) is 5.10 Å². The number of aromatic nitrogens is 5. The maximum Gasteiger partial charge on any atom is 0.254 e. The predicted molar refractivity (Wildman–Crippen MR) is 91.3 cm³/mol. The number of carbonyl (C=O) groups is 1. The molecule has 0 bridgehead atoms. The van der Waals surface area contributed by atoms with E-state index in [4.69, 9.17) is 0 Å². The third-order valence-corrected chi connectivity index (χ3v) is 4.67. The lowest BCUT2D eigenvalue weighted by Gasteiger charge is -2.27. The Morgan fingerprint density at radius 1 is 1.12 bits per heavy atom. The summed E-state index contributed by atoms with van der Waals surface area (Å²) in [7, 11) is 0. The van der Waals surface area contributed by atoms with Crippen molar-refractivity contribution in [2.24, 2.45) is 0 Å². The van der Waals surface area contributed by atoms with E-state index in [1.165, 1.54) is 0 Å². The molecule has 25 heavy (non-hydrogen) atoms. The Bertz CT molecular complexity index is 934. The largest absolute Gasteiger partial charge is 0.332 e. The van der Waals surface area contributed by atoms with Gasteiger partial charge in [0, 0.05) is 30.9 Å². The van der Waals surface area contributed by atoms with Gasteiger partial charge in [-0.1, -0.05) is 17.3 Å². The lowest BCUT2D eigenvalue weighted by molar-refractivity contribution is 0.0730. The van der Waals surface area contributed by atoms with Crippen molar-refractivity contribution in [3.63, 3.8) is 0 Å². The molecule has 0 spiro atoms. The van der Waals surface area contributed by atoms with E-state index >= 15 is 0 Å². The Balaban J connectivity index is 1.61. The third kappa shape index (κ3) is 2.67. The molecule has 4 rings (SSSR count). The third-order valence-electron chi connectivity index (χ3n) is 4.67. The van der Waals surface area contributed by atoms with Crippen molar-refractivity contribution >= 4 is 5.91 Å². The number of carbonyl (C=O) groups excluding carboxylic acids is 1. The zero-order valence-corrected chi connectivity index (χ0v) is 14.2. The standard InChI is InChI=1S/C18H18N6O/c1-12-5-3-6-14(13(12)2)17(25)23-10-7-16-15(11-23)21-22-24(16)18-19-8-4-9-20-18/h3-6,8-9H,7,10-11H2,1-2H3. The Kier molecular flexibility index (Phi) is 3.76. The van der Waals surface area contributed by atoms with Crippen LogP contribution in [0.5, 0.6) is 0 Å². The summed E-state index contributed by atoms with van der Waals surface area (Å²) in [5.74, 6) is 0.544. The van der Waals surface area contributed by atoms with E-state index in [2.05, 4.69) is 20.3 Å². The van der Waals surface area contributed by atoms with Crippen LogP contribution in [0.25, 0.3) is 5.95 Å². The molecule has 2 aromatic heterocycles. The van der Waals surface area contributed by atoms with Gasteiger partial charge in [0.15, 0.2) is 0 Å². The van der Waals surface area contributed by atoms with Gasteiger partial charge in [-0.2, -0.15) is 4.68 Å². The van der Waals surface area contributed by atoms with Crippen molar-refractivity contribution < 1.29 is 4.79 Å². The Labute approximate surface area is 145 Å². The monoisotopic (exact) mass is 334 g/mol. The van der Waals surface area contributed by atoms with Crippen molar-refractivity contribution in [1.82, 2.24) is 29.9 Å². The summed E-state index contributed by atoms with van der Waals surface area (Å²) in [5, 5.41) is 8.41. The number of fused-ring (bicyclic) bond motifs is 1. The smallest absolute Gasteiger partial charge is 0.254 e. The number of hydrogen-bond acceptors (Lipinski definition) is 5. The summed E-state index contributed by atoms with van der Waals surface area (Å²) < 4.78 is 1.66. The summed E-state index contributed by atoms with van der Waals surface area (Å²) in [6, 6.07) is 7.59. The van der Waals surface area contributed by atoms with E-state index < -0.39 is 0 Å². The zero-order chi connectivity index (χ0) is 17.4. The van der Waals surface area contributed by atoms with Crippen LogP contribution in [-0.2, 0) is 13.0 Å². The van der Waals surface area contributed by atoms with Crippen LogP contribution in [-0.4, -0.2) is 42.3 Å². The molecule has 7 heteroatoms. The van der Waals surface area contributed by atoms with Gasteiger partial charge in [-0.25, -0.2) is 9.97 Å². The van der Waals surface area contributed by atoms with E-state index in [0.717, 1.165) is 28.1 Å². The second kappa shape index (κ2) is 6.08. The molecule has 0 atom stereocenters. The SMILES string of the molecule is Cc1cccc(C(=O)N2CCc3c(nnn3-c3ncccn3)C2)c1C. The fraction of sp³-hybridized carbons (Fsp3) is 0.278. The molecule has 0 aliphatic carbocycles. The summed E-state index contributed by atoms with van der Waals surface area (Å²) in [4.78, 5) is 23.2. The lowest BCUT2D eigenvalue weighted by atomic mass is 10.0. The molecular formula is C18H18N6O. The fourth-order valence-corrected chi connectivity index (χ4v) is 3.09. The van der Waals surface area contributed by atoms with E-state index in [-0.39, 0.29) is 5.91 Å². The van der Waals surface area contributed by atoms with Crippen molar-refractivity contribution in [3.8, 4) is 5.95 Å². The molecule has 0 N–H and O–H groups in total. The van der Waals surface area contributed by atoms with Gasteiger partial charge < -0.3 is 4.90 Å². The average molecular weight is 334 g/mol. The molecule has 1 aromatic carbocycles. The quantitative estimate of drug-likeness (QED) is 0.715. The van der Waals surface area contributed by atoms with Gasteiger partial charge >= 0.3 is 0 Å². The first-order valence-corrected chi connectivity index (χ1v) is 8.21. The molecule has 0 unspecified atom stereocenters. The van der Waals surface area contributed by atoms with Gasteiger partial charge in [0.05, 0.1) is 12.2 Å². The van der Waals surface area contributed by atoms with Gasteiger partial charge in [-0.3, -0.25) is 4.79 Å². The van der Waals surface area contributed by atoms with Crippen LogP contribution in [0, 0.1) is 13.8 Å². The molecule has 0 fully saturated rings. The number of rotatable bonds is 2. The molecule has 3 heterocycles. The minimum atomic E-state index is 0.0392. The first kappa shape index (κ1) is 15.4. The van der Waals surface area contributed by atoms with Crippen LogP contribution in [0.3, 0.4) is 0 Å². The minimum Gasteiger partial charge on any atom is -0.332 e. The molecule has 7 nitrogen and oxygen atoms in total. The molecule has 126 valence electrons.